The average molecular weight is 343 g/mol. The summed E-state index contributed by atoms with van der Waals surface area (Å²) in [6.45, 7) is 3.20. The van der Waals surface area contributed by atoms with E-state index >= 15 is 0 Å². The van der Waals surface area contributed by atoms with Gasteiger partial charge in [-0.3, -0.25) is 10.1 Å². The van der Waals surface area contributed by atoms with Gasteiger partial charge in [0.25, 0.3) is 5.69 Å². The van der Waals surface area contributed by atoms with Crippen molar-refractivity contribution in [1.29, 1.82) is 0 Å². The first-order valence-corrected chi connectivity index (χ1v) is 8.65. The van der Waals surface area contributed by atoms with E-state index in [4.69, 9.17) is 0 Å². The molecule has 0 aliphatic carbocycles. The van der Waals surface area contributed by atoms with Crippen LogP contribution in [0.25, 0.3) is 0 Å². The Hall–Kier alpha value is -2.54. The number of hydrogen-bond acceptors (Lipinski definition) is 5. The number of nitrogens with zero attached hydrogens (tertiary/aromatic N) is 4. The molecule has 1 aliphatic rings. The van der Waals surface area contributed by atoms with Crippen LogP contribution in [0.2, 0.25) is 0 Å². The minimum Gasteiger partial charge on any atom is -0.353 e. The lowest BCUT2D eigenvalue weighted by Crippen LogP contribution is -2.46. The van der Waals surface area contributed by atoms with Crippen molar-refractivity contribution in [3.63, 3.8) is 0 Å². The Bertz CT molecular complexity index is 750. The maximum absolute atomic E-state index is 11.4. The third kappa shape index (κ3) is 3.32. The molecule has 0 spiro atoms. The molecule has 1 aromatic carbocycles. The molecule has 2 aromatic rings. The summed E-state index contributed by atoms with van der Waals surface area (Å²) in [7, 11) is 0. The van der Waals surface area contributed by atoms with Crippen molar-refractivity contribution in [3.8, 4) is 0 Å². The predicted octanol–water partition coefficient (Wildman–Crippen LogP) is 2.52. The van der Waals surface area contributed by atoms with Crippen molar-refractivity contribution in [2.24, 2.45) is 0 Å². The Labute approximate surface area is 146 Å². The summed E-state index contributed by atoms with van der Waals surface area (Å²) in [5.41, 5.74) is -0.592. The third-order valence-corrected chi connectivity index (χ3v) is 4.65. The lowest BCUT2D eigenvalue weighted by molar-refractivity contribution is -0.685. The van der Waals surface area contributed by atoms with Crippen molar-refractivity contribution in [3.05, 3.63) is 58.4 Å². The van der Waals surface area contributed by atoms with Gasteiger partial charge < -0.3 is 5.11 Å². The van der Waals surface area contributed by atoms with Gasteiger partial charge in [0.2, 0.25) is 5.72 Å². The van der Waals surface area contributed by atoms with Crippen molar-refractivity contribution < 1.29 is 14.6 Å². The standard InChI is InChI=1S/C18H23N4O3/c1-2-3-4-5-13-21-17-19-11-6-12-20(17)14-18(21,23)15-7-9-16(10-8-15)22(24)25/h6-12,23H,2-5,13-14H2,1H3/q+1. The van der Waals surface area contributed by atoms with Crippen LogP contribution in [0.3, 0.4) is 0 Å². The van der Waals surface area contributed by atoms with Crippen LogP contribution in [0.4, 0.5) is 11.6 Å². The predicted molar refractivity (Wildman–Crippen MR) is 92.9 cm³/mol. The van der Waals surface area contributed by atoms with Crippen LogP contribution < -0.4 is 9.47 Å². The van der Waals surface area contributed by atoms with E-state index in [0.717, 1.165) is 31.6 Å². The zero-order valence-corrected chi connectivity index (χ0v) is 14.3. The first-order chi connectivity index (χ1) is 12.1. The lowest BCUT2D eigenvalue weighted by Gasteiger charge is -2.28. The fourth-order valence-corrected chi connectivity index (χ4v) is 3.31. The Morgan fingerprint density at radius 3 is 2.76 bits per heavy atom. The van der Waals surface area contributed by atoms with E-state index in [1.807, 2.05) is 21.7 Å². The zero-order chi connectivity index (χ0) is 17.9. The van der Waals surface area contributed by atoms with Gasteiger partial charge in [0.15, 0.2) is 0 Å². The molecular weight excluding hydrogens is 320 g/mol. The van der Waals surface area contributed by atoms with Crippen molar-refractivity contribution in [2.45, 2.75) is 44.9 Å². The molecule has 132 valence electrons. The van der Waals surface area contributed by atoms with E-state index in [-0.39, 0.29) is 5.69 Å². The Balaban J connectivity index is 1.90. The summed E-state index contributed by atoms with van der Waals surface area (Å²) in [4.78, 5) is 16.8. The van der Waals surface area contributed by atoms with Gasteiger partial charge in [-0.15, -0.1) is 0 Å². The molecule has 0 saturated carbocycles. The van der Waals surface area contributed by atoms with E-state index in [0.29, 0.717) is 18.7 Å². The normalized spacial score (nSPS) is 19.0. The highest BCUT2D eigenvalue weighted by Crippen LogP contribution is 2.34. The van der Waals surface area contributed by atoms with E-state index in [1.165, 1.54) is 12.1 Å². The minimum absolute atomic E-state index is 0.0168. The van der Waals surface area contributed by atoms with Gasteiger partial charge in [-0.25, -0.2) is 9.47 Å². The van der Waals surface area contributed by atoms with Crippen LogP contribution in [0, 0.1) is 10.1 Å². The summed E-state index contributed by atoms with van der Waals surface area (Å²) in [5, 5.41) is 22.3. The quantitative estimate of drug-likeness (QED) is 0.361. The fourth-order valence-electron chi connectivity index (χ4n) is 3.31. The molecule has 0 saturated heterocycles. The molecule has 0 bridgehead atoms. The number of rotatable bonds is 7. The second-order valence-electron chi connectivity index (χ2n) is 6.38. The number of hydrogen-bond donors (Lipinski definition) is 1. The Morgan fingerprint density at radius 1 is 1.32 bits per heavy atom. The molecule has 1 aromatic heterocycles. The topological polar surface area (TPSA) is 83.4 Å². The number of benzene rings is 1. The molecule has 1 aliphatic heterocycles. The van der Waals surface area contributed by atoms with Gasteiger partial charge in [-0.05, 0) is 18.6 Å². The summed E-state index contributed by atoms with van der Waals surface area (Å²) < 4.78 is 1.92. The molecular formula is C18H23N4O3+. The van der Waals surface area contributed by atoms with Crippen molar-refractivity contribution in [2.75, 3.05) is 11.4 Å². The maximum atomic E-state index is 11.4. The van der Waals surface area contributed by atoms with Gasteiger partial charge in [0.1, 0.15) is 12.7 Å². The fraction of sp³-hybridized carbons (Fsp3) is 0.444. The van der Waals surface area contributed by atoms with Crippen LogP contribution >= 0.6 is 0 Å². The molecule has 7 heteroatoms. The molecule has 7 nitrogen and oxygen atoms in total. The average Bonchev–Trinajstić information content (AvgIpc) is 2.91. The van der Waals surface area contributed by atoms with E-state index < -0.39 is 10.6 Å². The van der Waals surface area contributed by atoms with Gasteiger partial charge in [0, 0.05) is 23.8 Å². The monoisotopic (exact) mass is 343 g/mol. The van der Waals surface area contributed by atoms with E-state index in [1.54, 1.807) is 18.3 Å². The first kappa shape index (κ1) is 17.3. The summed E-state index contributed by atoms with van der Waals surface area (Å²) in [5.74, 6) is 0.722. The second kappa shape index (κ2) is 7.14. The van der Waals surface area contributed by atoms with Crippen molar-refractivity contribution in [1.82, 2.24) is 4.98 Å². The highest BCUT2D eigenvalue weighted by molar-refractivity contribution is 5.41. The van der Waals surface area contributed by atoms with Gasteiger partial charge in [0.05, 0.1) is 17.7 Å². The van der Waals surface area contributed by atoms with E-state index in [9.17, 15) is 15.2 Å². The van der Waals surface area contributed by atoms with E-state index in [2.05, 4.69) is 11.9 Å². The zero-order valence-electron chi connectivity index (χ0n) is 14.3. The number of anilines is 1. The summed E-state index contributed by atoms with van der Waals surface area (Å²) in [6, 6.07) is 7.96. The first-order valence-electron chi connectivity index (χ1n) is 8.65. The smallest absolute Gasteiger partial charge is 0.353 e. The molecule has 3 rings (SSSR count). The highest BCUT2D eigenvalue weighted by atomic mass is 16.6. The largest absolute Gasteiger partial charge is 0.396 e. The van der Waals surface area contributed by atoms with Crippen LogP contribution in [0.15, 0.2) is 42.7 Å². The molecule has 1 N–H and O–H groups in total. The van der Waals surface area contributed by atoms with Crippen LogP contribution in [-0.4, -0.2) is 21.6 Å². The van der Waals surface area contributed by atoms with Crippen LogP contribution in [0.1, 0.15) is 38.2 Å². The molecule has 1 unspecified atom stereocenters. The van der Waals surface area contributed by atoms with Crippen molar-refractivity contribution >= 4 is 11.6 Å². The maximum Gasteiger partial charge on any atom is 0.396 e. The highest BCUT2D eigenvalue weighted by Gasteiger charge is 2.51. The number of unbranched alkanes of at least 4 members (excludes halogenated alkanes) is 3. The molecule has 0 radical (unpaired) electrons. The number of aromatic nitrogens is 2. The number of aliphatic hydroxyl groups is 1. The third-order valence-electron chi connectivity index (χ3n) is 4.65. The lowest BCUT2D eigenvalue weighted by atomic mass is 10.0. The molecule has 25 heavy (non-hydrogen) atoms. The molecule has 2 heterocycles. The molecule has 0 amide bonds. The molecule has 1 atom stereocenters. The number of nitro benzene ring substituents is 1. The Morgan fingerprint density at radius 2 is 2.08 bits per heavy atom. The summed E-state index contributed by atoms with van der Waals surface area (Å²) in [6.07, 6.45) is 7.97. The van der Waals surface area contributed by atoms with Gasteiger partial charge >= 0.3 is 5.95 Å². The van der Waals surface area contributed by atoms with Crippen LogP contribution in [0.5, 0.6) is 0 Å². The molecule has 0 fully saturated rings. The Kier molecular flexibility index (Phi) is 4.94. The van der Waals surface area contributed by atoms with Crippen LogP contribution in [-0.2, 0) is 12.3 Å². The summed E-state index contributed by atoms with van der Waals surface area (Å²) >= 11 is 0. The second-order valence-corrected chi connectivity index (χ2v) is 6.38. The number of non-ortho nitro benzene ring substituents is 1. The van der Waals surface area contributed by atoms with Gasteiger partial charge in [-0.2, -0.15) is 0 Å². The minimum atomic E-state index is -1.25. The number of nitro groups is 1. The van der Waals surface area contributed by atoms with Gasteiger partial charge in [-0.1, -0.05) is 31.2 Å². The number of fused-ring (bicyclic) bond motifs is 1. The SMILES string of the molecule is CCCCCCN1c2nccc[n+]2CC1(O)c1ccc([N+](=O)[O-])cc1.